The van der Waals surface area contributed by atoms with E-state index in [0.717, 1.165) is 71.8 Å². The highest BCUT2D eigenvalue weighted by molar-refractivity contribution is 5.94. The number of aliphatic hydroxyl groups is 1. The zero-order valence-electron chi connectivity index (χ0n) is 28.8. The van der Waals surface area contributed by atoms with Gasteiger partial charge in [-0.25, -0.2) is 9.48 Å². The fourth-order valence-electron chi connectivity index (χ4n) is 7.35. The van der Waals surface area contributed by atoms with Crippen LogP contribution >= 0.6 is 0 Å². The van der Waals surface area contributed by atoms with Gasteiger partial charge in [0.05, 0.1) is 22.8 Å². The van der Waals surface area contributed by atoms with Gasteiger partial charge in [-0.05, 0) is 91.1 Å². The molecule has 1 aliphatic rings. The van der Waals surface area contributed by atoms with E-state index in [1.54, 1.807) is 17.0 Å². The lowest BCUT2D eigenvalue weighted by molar-refractivity contribution is 0.176. The van der Waals surface area contributed by atoms with Crippen LogP contribution in [0.25, 0.3) is 33.1 Å². The topological polar surface area (TPSA) is 183 Å². The van der Waals surface area contributed by atoms with Crippen molar-refractivity contribution in [2.45, 2.75) is 69.8 Å². The van der Waals surface area contributed by atoms with Crippen molar-refractivity contribution in [2.75, 3.05) is 11.4 Å². The van der Waals surface area contributed by atoms with E-state index in [4.69, 9.17) is 5.73 Å². The minimum absolute atomic E-state index is 0.0483. The highest BCUT2D eigenvalue weighted by Gasteiger charge is 2.30. The van der Waals surface area contributed by atoms with Crippen LogP contribution in [0.1, 0.15) is 54.9 Å². The number of fused-ring (bicyclic) bond motifs is 2. The molecule has 0 spiro atoms. The van der Waals surface area contributed by atoms with E-state index in [9.17, 15) is 24.9 Å². The van der Waals surface area contributed by atoms with Crippen LogP contribution in [-0.2, 0) is 19.5 Å². The Morgan fingerprint density at radius 3 is 2.56 bits per heavy atom. The molecular weight excluding hydrogens is 658 g/mol. The predicted octanol–water partition coefficient (Wildman–Crippen LogP) is 5.86. The fourth-order valence-corrected chi connectivity index (χ4v) is 7.35. The Morgan fingerprint density at radius 2 is 1.77 bits per heavy atom. The van der Waals surface area contributed by atoms with Gasteiger partial charge < -0.3 is 31.4 Å². The van der Waals surface area contributed by atoms with Crippen molar-refractivity contribution < 1.29 is 20.1 Å². The molecule has 7 N–H and O–H groups in total. The van der Waals surface area contributed by atoms with E-state index in [-0.39, 0.29) is 29.9 Å². The average Bonchev–Trinajstić information content (AvgIpc) is 3.55. The Hall–Kier alpha value is -5.56. The van der Waals surface area contributed by atoms with Crippen LogP contribution in [0.3, 0.4) is 0 Å². The maximum atomic E-state index is 12.7. The van der Waals surface area contributed by atoms with E-state index in [2.05, 4.69) is 26.7 Å². The second-order valence-electron chi connectivity index (χ2n) is 13.6. The lowest BCUT2D eigenvalue weighted by Gasteiger charge is -2.35. The normalized spacial score (nSPS) is 16.7. The summed E-state index contributed by atoms with van der Waals surface area (Å²) < 4.78 is 1.89. The summed E-state index contributed by atoms with van der Waals surface area (Å²) in [7, 11) is 0. The van der Waals surface area contributed by atoms with E-state index in [0.29, 0.717) is 35.2 Å². The molecule has 0 radical (unpaired) electrons. The number of aryl methyl sites for hydroxylation is 2. The summed E-state index contributed by atoms with van der Waals surface area (Å²) in [5.41, 5.74) is 13.1. The number of benzene rings is 4. The van der Waals surface area contributed by atoms with Crippen molar-refractivity contribution in [2.24, 2.45) is 5.73 Å². The lowest BCUT2D eigenvalue weighted by Crippen LogP contribution is -2.44. The van der Waals surface area contributed by atoms with Gasteiger partial charge in [0.1, 0.15) is 11.3 Å². The molecule has 52 heavy (non-hydrogen) atoms. The Bertz CT molecular complexity index is 2250. The van der Waals surface area contributed by atoms with Crippen LogP contribution in [0.15, 0.2) is 95.8 Å². The molecule has 6 aromatic rings. The SMILES string of the molecule is N[C@H]1CC[C@H](N(C(=O)O)c2cc(CCCn3nnc4cc(CNC[C@H](O)c5ccc(O)c6[nH]c(=O)ccc56)ccc43)ccc2-c2ccccc2)CC1. The maximum absolute atomic E-state index is 12.7. The number of carbonyl (C=O) groups is 1. The van der Waals surface area contributed by atoms with Gasteiger partial charge in [0.25, 0.3) is 0 Å². The number of aromatic amines is 1. The number of nitrogens with one attached hydrogen (secondary N) is 2. The molecule has 2 heterocycles. The summed E-state index contributed by atoms with van der Waals surface area (Å²) in [6.07, 6.45) is 2.83. The molecule has 1 saturated carbocycles. The molecule has 1 aliphatic carbocycles. The number of phenolic OH excluding ortho intramolecular Hbond substituents is 1. The largest absolute Gasteiger partial charge is 0.506 e. The van der Waals surface area contributed by atoms with Crippen LogP contribution in [0.5, 0.6) is 5.75 Å². The van der Waals surface area contributed by atoms with Gasteiger partial charge in [0.15, 0.2) is 0 Å². The second kappa shape index (κ2) is 15.4. The molecule has 268 valence electrons. The summed E-state index contributed by atoms with van der Waals surface area (Å²) in [5, 5.41) is 44.2. The Balaban J connectivity index is 1.00. The molecule has 2 aromatic heterocycles. The highest BCUT2D eigenvalue weighted by atomic mass is 16.4. The van der Waals surface area contributed by atoms with Crippen molar-refractivity contribution in [3.8, 4) is 16.9 Å². The smallest absolute Gasteiger partial charge is 0.412 e. The van der Waals surface area contributed by atoms with Crippen molar-refractivity contribution >= 4 is 33.7 Å². The molecule has 12 nitrogen and oxygen atoms in total. The Morgan fingerprint density at radius 1 is 0.981 bits per heavy atom. The molecule has 0 unspecified atom stereocenters. The van der Waals surface area contributed by atoms with Gasteiger partial charge in [-0.3, -0.25) is 9.69 Å². The molecule has 1 fully saturated rings. The number of carboxylic acid groups (broad SMARTS) is 1. The molecule has 0 bridgehead atoms. The number of aromatic hydroxyl groups is 1. The minimum atomic E-state index is -0.945. The van der Waals surface area contributed by atoms with Crippen LogP contribution in [0, 0.1) is 0 Å². The molecule has 12 heteroatoms. The molecule has 0 saturated heterocycles. The van der Waals surface area contributed by atoms with E-state index in [1.165, 1.54) is 12.1 Å². The Kier molecular flexibility index (Phi) is 10.3. The first kappa shape index (κ1) is 34.9. The van der Waals surface area contributed by atoms with Crippen LogP contribution in [0.2, 0.25) is 0 Å². The number of amides is 1. The minimum Gasteiger partial charge on any atom is -0.506 e. The fraction of sp³-hybridized carbons (Fsp3) is 0.300. The number of rotatable bonds is 12. The van der Waals surface area contributed by atoms with Crippen molar-refractivity contribution in [3.05, 3.63) is 118 Å². The number of nitrogens with two attached hydrogens (primary N) is 1. The third-order valence-corrected chi connectivity index (χ3v) is 10.1. The molecule has 7 rings (SSSR count). The van der Waals surface area contributed by atoms with Gasteiger partial charge in [-0.1, -0.05) is 59.8 Å². The van der Waals surface area contributed by atoms with Gasteiger partial charge in [0.2, 0.25) is 5.56 Å². The van der Waals surface area contributed by atoms with Gasteiger partial charge in [-0.15, -0.1) is 5.10 Å². The summed E-state index contributed by atoms with van der Waals surface area (Å²) in [4.78, 5) is 28.7. The van der Waals surface area contributed by atoms with Crippen LogP contribution in [-0.4, -0.2) is 60.0 Å². The second-order valence-corrected chi connectivity index (χ2v) is 13.6. The average molecular weight is 702 g/mol. The molecule has 0 aliphatic heterocycles. The van der Waals surface area contributed by atoms with Gasteiger partial charge in [0, 0.05) is 48.7 Å². The van der Waals surface area contributed by atoms with Crippen molar-refractivity contribution in [1.82, 2.24) is 25.3 Å². The number of aliphatic hydroxyl groups excluding tert-OH is 1. The van der Waals surface area contributed by atoms with Crippen molar-refractivity contribution in [1.29, 1.82) is 0 Å². The van der Waals surface area contributed by atoms with Crippen LogP contribution in [0.4, 0.5) is 10.5 Å². The highest BCUT2D eigenvalue weighted by Crippen LogP contribution is 2.36. The monoisotopic (exact) mass is 701 g/mol. The van der Waals surface area contributed by atoms with Crippen LogP contribution < -0.4 is 21.5 Å². The van der Waals surface area contributed by atoms with E-state index < -0.39 is 12.2 Å². The lowest BCUT2D eigenvalue weighted by atomic mass is 9.89. The third-order valence-electron chi connectivity index (χ3n) is 10.1. The number of pyridine rings is 1. The van der Waals surface area contributed by atoms with E-state index in [1.807, 2.05) is 65.3 Å². The molecule has 1 atom stereocenters. The number of anilines is 1. The zero-order chi connectivity index (χ0) is 36.2. The number of phenols is 1. The summed E-state index contributed by atoms with van der Waals surface area (Å²) in [6, 6.07) is 28.2. The third kappa shape index (κ3) is 7.54. The summed E-state index contributed by atoms with van der Waals surface area (Å²) >= 11 is 0. The number of hydrogen-bond donors (Lipinski definition) is 6. The number of nitrogens with zero attached hydrogens (tertiary/aromatic N) is 4. The molecule has 4 aromatic carbocycles. The summed E-state index contributed by atoms with van der Waals surface area (Å²) in [5.74, 6) is -0.0483. The number of H-pyrrole nitrogens is 1. The van der Waals surface area contributed by atoms with Crippen molar-refractivity contribution in [3.63, 3.8) is 0 Å². The van der Waals surface area contributed by atoms with E-state index >= 15 is 0 Å². The number of hydrogen-bond acceptors (Lipinski definition) is 8. The first-order valence-corrected chi connectivity index (χ1v) is 17.8. The van der Waals surface area contributed by atoms with Gasteiger partial charge >= 0.3 is 6.09 Å². The maximum Gasteiger partial charge on any atom is 0.412 e. The molecular formula is C40H43N7O5. The molecule has 1 amide bonds. The summed E-state index contributed by atoms with van der Waals surface area (Å²) in [6.45, 7) is 1.40. The first-order chi connectivity index (χ1) is 25.2. The first-order valence-electron chi connectivity index (χ1n) is 17.8. The quantitative estimate of drug-likeness (QED) is 0.0911. The standard InChI is InChI=1S/C40H43N7O5/c41-28-10-12-29(13-11-28)47(40(51)52)35-22-25(8-14-30(35)27-6-2-1-3-7-27)5-4-20-46-34-17-9-26(21-33(34)44-45-46)23-42-24-37(49)31-15-18-36(48)39-32(31)16-19-38(50)43-39/h1-3,6-9,14-19,21-22,28-29,37,42,48-49H,4-5,10-13,20,23-24,41H2,(H,43,50)(H,51,52)/t28-,29-,37-/m0/s1. The van der Waals surface area contributed by atoms with Gasteiger partial charge in [-0.2, -0.15) is 0 Å². The zero-order valence-corrected chi connectivity index (χ0v) is 28.8. The Labute approximate surface area is 300 Å². The number of aromatic nitrogens is 4. The predicted molar refractivity (Wildman–Crippen MR) is 201 cm³/mol.